The van der Waals surface area contributed by atoms with Gasteiger partial charge in [0.05, 0.1) is 10.8 Å². The van der Waals surface area contributed by atoms with E-state index in [9.17, 15) is 8.42 Å². The third kappa shape index (κ3) is 7.36. The fraction of sp³-hybridized carbons (Fsp3) is 0.562. The third-order valence-electron chi connectivity index (χ3n) is 3.64. The normalized spacial score (nSPS) is 15.0. The number of nitrogens with zero attached hydrogens (tertiary/aromatic N) is 1. The summed E-state index contributed by atoms with van der Waals surface area (Å²) in [6.07, 6.45) is 1.74. The van der Waals surface area contributed by atoms with E-state index in [1.807, 2.05) is 19.1 Å². The fourth-order valence-corrected chi connectivity index (χ4v) is 3.41. The van der Waals surface area contributed by atoms with E-state index in [1.54, 1.807) is 7.05 Å². The predicted molar refractivity (Wildman–Crippen MR) is 115 cm³/mol. The van der Waals surface area contributed by atoms with E-state index < -0.39 is 9.84 Å². The van der Waals surface area contributed by atoms with Crippen LogP contribution in [-0.4, -0.2) is 52.7 Å². The van der Waals surface area contributed by atoms with Crippen LogP contribution in [0.25, 0.3) is 0 Å². The summed E-state index contributed by atoms with van der Waals surface area (Å²) in [6, 6.07) is 3.68. The van der Waals surface area contributed by atoms with Crippen molar-refractivity contribution in [2.24, 2.45) is 4.99 Å². The van der Waals surface area contributed by atoms with Crippen molar-refractivity contribution in [3.63, 3.8) is 0 Å². The van der Waals surface area contributed by atoms with Crippen molar-refractivity contribution < 1.29 is 17.9 Å². The Hall–Kier alpha value is -0.940. The molecule has 1 unspecified atom stereocenters. The molecule has 0 saturated heterocycles. The number of hydrogen-bond donors (Lipinski definition) is 2. The van der Waals surface area contributed by atoms with E-state index in [1.165, 1.54) is 6.26 Å². The zero-order valence-corrected chi connectivity index (χ0v) is 18.9. The van der Waals surface area contributed by atoms with Crippen LogP contribution in [0.5, 0.6) is 11.5 Å². The third-order valence-corrected chi connectivity index (χ3v) is 4.90. The van der Waals surface area contributed by atoms with Crippen LogP contribution in [0.4, 0.5) is 0 Å². The van der Waals surface area contributed by atoms with Crippen LogP contribution in [0.2, 0.25) is 5.02 Å². The molecule has 1 aromatic rings. The molecular weight excluding hydrogens is 493 g/mol. The highest BCUT2D eigenvalue weighted by molar-refractivity contribution is 14.0. The van der Waals surface area contributed by atoms with E-state index in [2.05, 4.69) is 15.6 Å². The first-order chi connectivity index (χ1) is 11.8. The molecule has 2 N–H and O–H groups in total. The molecule has 1 heterocycles. The molecule has 0 aliphatic carbocycles. The van der Waals surface area contributed by atoms with Crippen molar-refractivity contribution in [3.8, 4) is 11.5 Å². The average molecular weight is 518 g/mol. The first-order valence-corrected chi connectivity index (χ1v) is 10.5. The minimum absolute atomic E-state index is 0. The Morgan fingerprint density at radius 1 is 1.35 bits per heavy atom. The number of halogens is 2. The number of aliphatic imine (C=N–C) groups is 1. The number of nitrogens with one attached hydrogen (secondary N) is 2. The van der Waals surface area contributed by atoms with Crippen molar-refractivity contribution in [3.05, 3.63) is 22.7 Å². The topological polar surface area (TPSA) is 89.0 Å². The Labute approximate surface area is 176 Å². The summed E-state index contributed by atoms with van der Waals surface area (Å²) in [4.78, 5) is 4.15. The van der Waals surface area contributed by atoms with Gasteiger partial charge in [-0.3, -0.25) is 4.99 Å². The molecule has 0 bridgehead atoms. The lowest BCUT2D eigenvalue weighted by Gasteiger charge is -2.21. The van der Waals surface area contributed by atoms with Gasteiger partial charge in [0.2, 0.25) is 0 Å². The second kappa shape index (κ2) is 10.4. The summed E-state index contributed by atoms with van der Waals surface area (Å²) in [5, 5.41) is 6.87. The SMILES string of the molecule is CN=C(NCc1cc(Cl)c2c(c1)OCCO2)NC(C)CCS(C)(=O)=O.I. The summed E-state index contributed by atoms with van der Waals surface area (Å²) in [7, 11) is -1.31. The molecule has 26 heavy (non-hydrogen) atoms. The van der Waals surface area contributed by atoms with Crippen molar-refractivity contribution in [2.75, 3.05) is 32.3 Å². The first-order valence-electron chi connectivity index (χ1n) is 8.01. The van der Waals surface area contributed by atoms with E-state index in [0.29, 0.717) is 48.7 Å². The van der Waals surface area contributed by atoms with Gasteiger partial charge in [-0.2, -0.15) is 0 Å². The van der Waals surface area contributed by atoms with Crippen molar-refractivity contribution in [2.45, 2.75) is 25.9 Å². The fourth-order valence-electron chi connectivity index (χ4n) is 2.34. The Kier molecular flexibility index (Phi) is 9.25. The largest absolute Gasteiger partial charge is 0.486 e. The molecule has 0 radical (unpaired) electrons. The molecular formula is C16H25ClIN3O4S. The van der Waals surface area contributed by atoms with Gasteiger partial charge in [-0.1, -0.05) is 11.6 Å². The second-order valence-corrected chi connectivity index (χ2v) is 8.66. The number of hydrogen-bond acceptors (Lipinski definition) is 5. The zero-order valence-electron chi connectivity index (χ0n) is 15.0. The molecule has 0 aromatic heterocycles. The summed E-state index contributed by atoms with van der Waals surface area (Å²) < 4.78 is 33.6. The Morgan fingerprint density at radius 3 is 2.69 bits per heavy atom. The highest BCUT2D eigenvalue weighted by Gasteiger charge is 2.17. The number of benzene rings is 1. The standard InChI is InChI=1S/C16H24ClN3O4S.HI/c1-11(4-7-25(3,21)22)20-16(18-2)19-10-12-8-13(17)15-14(9-12)23-5-6-24-15;/h8-9,11H,4-7,10H2,1-3H3,(H2,18,19,20);1H. The quantitative estimate of drug-likeness (QED) is 0.342. The number of ether oxygens (including phenoxy) is 2. The Bertz CT molecular complexity index is 743. The van der Waals surface area contributed by atoms with Gasteiger partial charge < -0.3 is 20.1 Å². The van der Waals surface area contributed by atoms with E-state index in [4.69, 9.17) is 21.1 Å². The smallest absolute Gasteiger partial charge is 0.191 e. The maximum Gasteiger partial charge on any atom is 0.191 e. The van der Waals surface area contributed by atoms with Crippen LogP contribution in [0.3, 0.4) is 0 Å². The molecule has 1 aliphatic rings. The van der Waals surface area contributed by atoms with Crippen LogP contribution in [-0.2, 0) is 16.4 Å². The van der Waals surface area contributed by atoms with Crippen molar-refractivity contribution in [1.29, 1.82) is 0 Å². The molecule has 0 fully saturated rings. The molecule has 10 heteroatoms. The molecule has 148 valence electrons. The summed E-state index contributed by atoms with van der Waals surface area (Å²) >= 11 is 6.23. The molecule has 1 aliphatic heterocycles. The highest BCUT2D eigenvalue weighted by atomic mass is 127. The van der Waals surface area contributed by atoms with Gasteiger partial charge in [0.1, 0.15) is 23.1 Å². The zero-order chi connectivity index (χ0) is 18.4. The minimum atomic E-state index is -2.97. The monoisotopic (exact) mass is 517 g/mol. The van der Waals surface area contributed by atoms with Gasteiger partial charge in [-0.15, -0.1) is 24.0 Å². The van der Waals surface area contributed by atoms with Gasteiger partial charge in [-0.05, 0) is 31.0 Å². The minimum Gasteiger partial charge on any atom is -0.486 e. The molecule has 0 spiro atoms. The summed E-state index contributed by atoms with van der Waals surface area (Å²) in [6.45, 7) is 3.40. The molecule has 0 amide bonds. The lowest BCUT2D eigenvalue weighted by molar-refractivity contribution is 0.171. The van der Waals surface area contributed by atoms with E-state index in [0.717, 1.165) is 5.56 Å². The predicted octanol–water partition coefficient (Wildman–Crippen LogP) is 2.22. The van der Waals surface area contributed by atoms with Gasteiger partial charge in [0.25, 0.3) is 0 Å². The highest BCUT2D eigenvalue weighted by Crippen LogP contribution is 2.38. The second-order valence-electron chi connectivity index (χ2n) is 5.99. The lowest BCUT2D eigenvalue weighted by Crippen LogP contribution is -2.42. The van der Waals surface area contributed by atoms with Crippen molar-refractivity contribution >= 4 is 51.4 Å². The number of sulfone groups is 1. The number of rotatable bonds is 6. The Balaban J connectivity index is 0.00000338. The van der Waals surface area contributed by atoms with E-state index in [-0.39, 0.29) is 35.8 Å². The van der Waals surface area contributed by atoms with Gasteiger partial charge in [0, 0.05) is 25.9 Å². The number of fused-ring (bicyclic) bond motifs is 1. The average Bonchev–Trinajstić information content (AvgIpc) is 2.56. The molecule has 7 nitrogen and oxygen atoms in total. The summed E-state index contributed by atoms with van der Waals surface area (Å²) in [5.74, 6) is 1.94. The van der Waals surface area contributed by atoms with Crippen LogP contribution in [0.15, 0.2) is 17.1 Å². The first kappa shape index (κ1) is 23.1. The van der Waals surface area contributed by atoms with Crippen LogP contribution in [0, 0.1) is 0 Å². The van der Waals surface area contributed by atoms with Gasteiger partial charge in [0.15, 0.2) is 17.5 Å². The lowest BCUT2D eigenvalue weighted by atomic mass is 10.2. The van der Waals surface area contributed by atoms with Crippen LogP contribution >= 0.6 is 35.6 Å². The van der Waals surface area contributed by atoms with E-state index >= 15 is 0 Å². The van der Waals surface area contributed by atoms with Crippen LogP contribution < -0.4 is 20.1 Å². The maximum atomic E-state index is 11.2. The van der Waals surface area contributed by atoms with Crippen molar-refractivity contribution in [1.82, 2.24) is 10.6 Å². The van der Waals surface area contributed by atoms with Gasteiger partial charge >= 0.3 is 0 Å². The maximum absolute atomic E-state index is 11.2. The summed E-state index contributed by atoms with van der Waals surface area (Å²) in [5.41, 5.74) is 0.931. The Morgan fingerprint density at radius 2 is 2.04 bits per heavy atom. The molecule has 2 rings (SSSR count). The van der Waals surface area contributed by atoms with Gasteiger partial charge in [-0.25, -0.2) is 8.42 Å². The number of guanidine groups is 1. The molecule has 1 atom stereocenters. The molecule has 1 aromatic carbocycles. The molecule has 0 saturated carbocycles. The van der Waals surface area contributed by atoms with Crippen LogP contribution in [0.1, 0.15) is 18.9 Å².